The first-order valence-electron chi connectivity index (χ1n) is 10.7. The van der Waals surface area contributed by atoms with Crippen molar-refractivity contribution in [2.45, 2.75) is 18.7 Å². The highest BCUT2D eigenvalue weighted by Gasteiger charge is 2.60. The maximum absolute atomic E-state index is 13.5. The van der Waals surface area contributed by atoms with E-state index in [4.69, 9.17) is 4.84 Å². The Labute approximate surface area is 198 Å². The Kier molecular flexibility index (Phi) is 5.46. The fourth-order valence-electron chi connectivity index (χ4n) is 4.58. The molecule has 3 atom stereocenters. The number of hydroxylamine groups is 1. The molecule has 2 fully saturated rings. The molecule has 0 spiro atoms. The number of carbonyl (C=O) groups excluding carboxylic acids is 2. The summed E-state index contributed by atoms with van der Waals surface area (Å²) in [6.07, 6.45) is -1.23. The van der Waals surface area contributed by atoms with E-state index in [2.05, 4.69) is 0 Å². The van der Waals surface area contributed by atoms with Crippen molar-refractivity contribution < 1.29 is 24.3 Å². The zero-order valence-electron chi connectivity index (χ0n) is 18.1. The van der Waals surface area contributed by atoms with Crippen molar-refractivity contribution in [3.05, 3.63) is 110 Å². The molecule has 0 aliphatic carbocycles. The third-order valence-electron chi connectivity index (χ3n) is 6.14. The normalized spacial score (nSPS) is 21.3. The van der Waals surface area contributed by atoms with Crippen LogP contribution in [0.15, 0.2) is 78.9 Å². The van der Waals surface area contributed by atoms with Gasteiger partial charge in [-0.05, 0) is 17.7 Å². The summed E-state index contributed by atoms with van der Waals surface area (Å²) < 4.78 is 0. The Balaban J connectivity index is 1.60. The van der Waals surface area contributed by atoms with Gasteiger partial charge in [0.15, 0.2) is 6.10 Å². The van der Waals surface area contributed by atoms with Gasteiger partial charge in [0.2, 0.25) is 5.91 Å². The van der Waals surface area contributed by atoms with Crippen LogP contribution >= 0.6 is 0 Å². The fraction of sp³-hybridized carbons (Fsp3) is 0.167. The van der Waals surface area contributed by atoms with Crippen LogP contribution in [0.3, 0.4) is 0 Å². The average molecular weight is 474 g/mol. The summed E-state index contributed by atoms with van der Waals surface area (Å²) in [6, 6.07) is 19.3. The molecule has 0 bridgehead atoms. The summed E-state index contributed by atoms with van der Waals surface area (Å²) in [5.74, 6) is -2.17. The van der Waals surface area contributed by atoms with E-state index >= 15 is 0 Å². The van der Waals surface area contributed by atoms with Crippen molar-refractivity contribution in [2.75, 3.05) is 5.06 Å². The minimum Gasteiger partial charge on any atom is -0.275 e. The van der Waals surface area contributed by atoms with Gasteiger partial charge >= 0.3 is 0 Å². The number of carbonyl (C=O) groups is 2. The van der Waals surface area contributed by atoms with Gasteiger partial charge < -0.3 is 0 Å². The molecule has 3 aromatic rings. The maximum Gasteiger partial charge on any atom is 0.274 e. The molecule has 2 heterocycles. The second-order valence-corrected chi connectivity index (χ2v) is 8.16. The topological polar surface area (TPSA) is 136 Å². The number of para-hydroxylation sites is 1. The average Bonchev–Trinajstić information content (AvgIpc) is 3.36. The van der Waals surface area contributed by atoms with Crippen LogP contribution in [0.25, 0.3) is 0 Å². The first-order chi connectivity index (χ1) is 16.9. The van der Waals surface area contributed by atoms with Crippen molar-refractivity contribution in [3.63, 3.8) is 0 Å². The zero-order valence-corrected chi connectivity index (χ0v) is 18.1. The molecular formula is C24H18N4O7. The van der Waals surface area contributed by atoms with Crippen LogP contribution in [0.4, 0.5) is 17.1 Å². The lowest BCUT2D eigenvalue weighted by atomic mass is 9.89. The number of hydrogen-bond donors (Lipinski definition) is 0. The van der Waals surface area contributed by atoms with E-state index in [1.807, 2.05) is 6.07 Å². The minimum absolute atomic E-state index is 0.0370. The Morgan fingerprint density at radius 1 is 0.829 bits per heavy atom. The molecule has 11 nitrogen and oxygen atoms in total. The van der Waals surface area contributed by atoms with Crippen molar-refractivity contribution >= 4 is 28.9 Å². The monoisotopic (exact) mass is 474 g/mol. The number of nitrogens with zero attached hydrogens (tertiary/aromatic N) is 4. The number of anilines is 1. The van der Waals surface area contributed by atoms with Crippen LogP contribution in [-0.2, 0) is 21.0 Å². The maximum atomic E-state index is 13.5. The summed E-state index contributed by atoms with van der Waals surface area (Å²) >= 11 is 0. The van der Waals surface area contributed by atoms with E-state index in [1.165, 1.54) is 47.5 Å². The van der Waals surface area contributed by atoms with E-state index in [9.17, 15) is 29.8 Å². The summed E-state index contributed by atoms with van der Waals surface area (Å²) in [7, 11) is 0. The highest BCUT2D eigenvalue weighted by atomic mass is 16.7. The van der Waals surface area contributed by atoms with Gasteiger partial charge in [-0.1, -0.05) is 48.5 Å². The number of nitro groups is 2. The number of hydrogen-bond acceptors (Lipinski definition) is 8. The Bertz CT molecular complexity index is 1350. The molecule has 0 unspecified atom stereocenters. The first kappa shape index (κ1) is 22.2. The van der Waals surface area contributed by atoms with Gasteiger partial charge in [-0.2, -0.15) is 0 Å². The molecule has 3 aromatic carbocycles. The SMILES string of the molecule is O=C1[C@H]2[C@@H](ON(c3cccc([N+](=O)[O-])c3)[C@H]2c2ccccc2[N+](=O)[O-])C(=O)N1Cc1ccccc1. The summed E-state index contributed by atoms with van der Waals surface area (Å²) in [5.41, 5.74) is 0.630. The summed E-state index contributed by atoms with van der Waals surface area (Å²) in [5, 5.41) is 24.3. The lowest BCUT2D eigenvalue weighted by Crippen LogP contribution is -2.37. The summed E-state index contributed by atoms with van der Waals surface area (Å²) in [6.45, 7) is 0.0370. The van der Waals surface area contributed by atoms with Crippen LogP contribution in [0, 0.1) is 26.1 Å². The number of imide groups is 1. The number of likely N-dealkylation sites (tertiary alicyclic amines) is 1. The molecule has 2 aliphatic rings. The fourth-order valence-corrected chi connectivity index (χ4v) is 4.58. The van der Waals surface area contributed by atoms with E-state index < -0.39 is 39.7 Å². The Morgan fingerprint density at radius 3 is 2.26 bits per heavy atom. The van der Waals surface area contributed by atoms with Crippen LogP contribution < -0.4 is 5.06 Å². The molecule has 0 saturated carbocycles. The van der Waals surface area contributed by atoms with E-state index in [-0.39, 0.29) is 29.2 Å². The van der Waals surface area contributed by atoms with Gasteiger partial charge in [0.25, 0.3) is 17.3 Å². The van der Waals surface area contributed by atoms with E-state index in [1.54, 1.807) is 30.3 Å². The van der Waals surface area contributed by atoms with E-state index in [0.29, 0.717) is 0 Å². The second kappa shape index (κ2) is 8.61. The molecule has 11 heteroatoms. The molecule has 2 aliphatic heterocycles. The number of rotatable bonds is 6. The van der Waals surface area contributed by atoms with Crippen molar-refractivity contribution in [3.8, 4) is 0 Å². The number of non-ortho nitro benzene ring substituents is 1. The standard InChI is InChI=1S/C24H18N4O7/c29-23-20-21(18-11-4-5-12-19(18)28(33)34)26(16-9-6-10-17(13-16)27(31)32)35-22(20)24(30)25(23)14-15-7-2-1-3-8-15/h1-13,20-22H,14H2/t20-,21+,22-/m1/s1. The third kappa shape index (κ3) is 3.77. The minimum atomic E-state index is -1.23. The largest absolute Gasteiger partial charge is 0.275 e. The molecule has 0 aromatic heterocycles. The van der Waals surface area contributed by atoms with E-state index in [0.717, 1.165) is 10.5 Å². The van der Waals surface area contributed by atoms with Gasteiger partial charge in [-0.3, -0.25) is 39.6 Å². The van der Waals surface area contributed by atoms with Gasteiger partial charge in [0.05, 0.1) is 27.6 Å². The third-order valence-corrected chi connectivity index (χ3v) is 6.14. The predicted molar refractivity (Wildman–Crippen MR) is 122 cm³/mol. The van der Waals surface area contributed by atoms with Gasteiger partial charge in [0, 0.05) is 18.2 Å². The van der Waals surface area contributed by atoms with Gasteiger partial charge in [-0.15, -0.1) is 0 Å². The number of amides is 2. The molecule has 5 rings (SSSR count). The Hall–Kier alpha value is -4.64. The smallest absolute Gasteiger partial charge is 0.274 e. The van der Waals surface area contributed by atoms with Crippen LogP contribution in [0.5, 0.6) is 0 Å². The van der Waals surface area contributed by atoms with Crippen LogP contribution in [-0.4, -0.2) is 32.7 Å². The number of nitro benzene ring substituents is 2. The quantitative estimate of drug-likeness (QED) is 0.301. The molecule has 2 saturated heterocycles. The highest BCUT2D eigenvalue weighted by molar-refractivity contribution is 6.07. The molecular weight excluding hydrogens is 456 g/mol. The second-order valence-electron chi connectivity index (χ2n) is 8.16. The van der Waals surface area contributed by atoms with Gasteiger partial charge in [-0.25, -0.2) is 5.06 Å². The van der Waals surface area contributed by atoms with Crippen LogP contribution in [0.2, 0.25) is 0 Å². The number of benzene rings is 3. The lowest BCUT2D eigenvalue weighted by molar-refractivity contribution is -0.385. The summed E-state index contributed by atoms with van der Waals surface area (Å²) in [4.78, 5) is 55.8. The molecule has 35 heavy (non-hydrogen) atoms. The zero-order chi connectivity index (χ0) is 24.7. The van der Waals surface area contributed by atoms with Crippen LogP contribution in [0.1, 0.15) is 17.2 Å². The number of fused-ring (bicyclic) bond motifs is 1. The predicted octanol–water partition coefficient (Wildman–Crippen LogP) is 3.55. The lowest BCUT2D eigenvalue weighted by Gasteiger charge is -2.28. The van der Waals surface area contributed by atoms with Crippen molar-refractivity contribution in [1.82, 2.24) is 4.90 Å². The van der Waals surface area contributed by atoms with Crippen molar-refractivity contribution in [1.29, 1.82) is 0 Å². The van der Waals surface area contributed by atoms with Crippen molar-refractivity contribution in [2.24, 2.45) is 5.92 Å². The molecule has 0 radical (unpaired) electrons. The molecule has 0 N–H and O–H groups in total. The highest BCUT2D eigenvalue weighted by Crippen LogP contribution is 2.49. The van der Waals surface area contributed by atoms with Gasteiger partial charge in [0.1, 0.15) is 12.0 Å². The molecule has 176 valence electrons. The Morgan fingerprint density at radius 2 is 1.54 bits per heavy atom. The first-order valence-corrected chi connectivity index (χ1v) is 10.7. The molecule has 2 amide bonds.